The first-order valence-electron chi connectivity index (χ1n) is 30.0. The van der Waals surface area contributed by atoms with Crippen molar-refractivity contribution in [3.63, 3.8) is 0 Å². The van der Waals surface area contributed by atoms with E-state index >= 15 is 0 Å². The second kappa shape index (κ2) is 38.4. The minimum Gasteiger partial charge on any atom is -0.437 e. The minimum atomic E-state index is -1.86. The summed E-state index contributed by atoms with van der Waals surface area (Å²) in [6.45, 7) is 17.6. The van der Waals surface area contributed by atoms with Crippen LogP contribution in [0.3, 0.4) is 0 Å². The van der Waals surface area contributed by atoms with E-state index in [1.54, 1.807) is 25.6 Å². The molecule has 0 aliphatic rings. The minimum absolute atomic E-state index is 0.177. The fourth-order valence-corrected chi connectivity index (χ4v) is 10.6. The number of benzene rings is 4. The molecule has 2 unspecified atom stereocenters. The van der Waals surface area contributed by atoms with Crippen molar-refractivity contribution < 1.29 is 33.3 Å². The predicted octanol–water partition coefficient (Wildman–Crippen LogP) is 21.0. The van der Waals surface area contributed by atoms with E-state index in [2.05, 4.69) is 69.5 Å². The van der Waals surface area contributed by atoms with Gasteiger partial charge >= 0.3 is 17.9 Å². The van der Waals surface area contributed by atoms with Crippen LogP contribution in [0.2, 0.25) is 0 Å². The summed E-state index contributed by atoms with van der Waals surface area (Å²) >= 11 is 1.68. The van der Waals surface area contributed by atoms with E-state index < -0.39 is 30.5 Å². The van der Waals surface area contributed by atoms with Crippen molar-refractivity contribution in [3.05, 3.63) is 103 Å². The van der Waals surface area contributed by atoms with Crippen LogP contribution in [-0.2, 0) is 28.5 Å². The van der Waals surface area contributed by atoms with Crippen LogP contribution in [0.1, 0.15) is 247 Å². The lowest BCUT2D eigenvalue weighted by atomic mass is 10.0. The highest BCUT2D eigenvalue weighted by Gasteiger charge is 2.42. The molecule has 7 nitrogen and oxygen atoms in total. The first kappa shape index (κ1) is 63.4. The third-order valence-corrected chi connectivity index (χ3v) is 15.3. The van der Waals surface area contributed by atoms with Gasteiger partial charge in [-0.3, -0.25) is 9.47 Å². The van der Waals surface area contributed by atoms with Crippen molar-refractivity contribution in [1.29, 1.82) is 0 Å². The van der Waals surface area contributed by atoms with Gasteiger partial charge in [-0.2, -0.15) is 0 Å². The van der Waals surface area contributed by atoms with Crippen LogP contribution in [0.4, 0.5) is 0 Å². The number of carbonyl (C=O) groups excluding carboxylic acids is 2. The van der Waals surface area contributed by atoms with E-state index in [0.29, 0.717) is 18.6 Å². The summed E-state index contributed by atoms with van der Waals surface area (Å²) in [4.78, 5) is 29.0. The lowest BCUT2D eigenvalue weighted by molar-refractivity contribution is -0.416. The van der Waals surface area contributed by atoms with Crippen molar-refractivity contribution in [2.24, 2.45) is 0 Å². The molecule has 0 saturated carbocycles. The molecule has 8 heteroatoms. The zero-order valence-corrected chi connectivity index (χ0v) is 48.5. The number of fused-ring (bicyclic) bond motifs is 2. The Morgan fingerprint density at radius 1 is 0.453 bits per heavy atom. The maximum absolute atomic E-state index is 13.4. The fourth-order valence-electron chi connectivity index (χ4n) is 9.76. The van der Waals surface area contributed by atoms with Gasteiger partial charge in [0, 0.05) is 51.0 Å². The highest BCUT2D eigenvalue weighted by Crippen LogP contribution is 2.42. The van der Waals surface area contributed by atoms with E-state index in [0.717, 1.165) is 69.9 Å². The number of carbonyl (C=O) groups is 2. The molecule has 0 saturated heterocycles. The first-order valence-corrected chi connectivity index (χ1v) is 30.9. The van der Waals surface area contributed by atoms with Gasteiger partial charge in [0.25, 0.3) is 0 Å². The van der Waals surface area contributed by atoms with Gasteiger partial charge in [0.15, 0.2) is 0 Å². The van der Waals surface area contributed by atoms with Crippen molar-refractivity contribution >= 4 is 45.2 Å². The largest absolute Gasteiger partial charge is 0.437 e. The average Bonchev–Trinajstić information content (AvgIpc) is 3.40. The van der Waals surface area contributed by atoms with Crippen LogP contribution in [0.25, 0.3) is 21.5 Å². The Morgan fingerprint density at radius 2 is 0.840 bits per heavy atom. The maximum atomic E-state index is 13.4. The molecular weight excluding hydrogens is 949 g/mol. The molecule has 4 rings (SSSR count). The molecule has 4 aromatic carbocycles. The first-order chi connectivity index (χ1) is 36.6. The molecule has 0 aliphatic carbocycles. The van der Waals surface area contributed by atoms with Crippen molar-refractivity contribution in [2.75, 3.05) is 0 Å². The van der Waals surface area contributed by atoms with E-state index in [-0.39, 0.29) is 17.6 Å². The summed E-state index contributed by atoms with van der Waals surface area (Å²) in [5.41, 5.74) is 0.544. The number of hydrogen-bond donors (Lipinski definition) is 0. The molecule has 0 spiro atoms. The maximum Gasteiger partial charge on any atom is 0.335 e. The van der Waals surface area contributed by atoms with Gasteiger partial charge in [-0.25, -0.2) is 9.59 Å². The zero-order valence-electron chi connectivity index (χ0n) is 47.7. The fraction of sp³-hybridized carbons (Fsp3) is 0.612. The molecule has 0 amide bonds. The zero-order chi connectivity index (χ0) is 53.8. The summed E-state index contributed by atoms with van der Waals surface area (Å²) in [6.07, 6.45) is 36.3. The number of rotatable bonds is 45. The van der Waals surface area contributed by atoms with Crippen molar-refractivity contribution in [3.8, 4) is 5.75 Å². The Bertz CT molecular complexity index is 2130. The molecule has 75 heavy (non-hydrogen) atoms. The lowest BCUT2D eigenvalue weighted by Crippen LogP contribution is -2.49. The SMILES string of the molecule is C=C(C)C(=O)OC(CCCCCCCCCCCCCCCCC)OC(CC)(Oc1c2ccccc2cc2ccc(Sc3ccccc3)cc12)OC(CCCCCCCCCCCCCCCCC)OC(=O)C(=C)C. The second-order valence-electron chi connectivity index (χ2n) is 21.3. The van der Waals surface area contributed by atoms with E-state index in [1.807, 2.05) is 43.3 Å². The molecule has 0 N–H and O–H groups in total. The Labute approximate surface area is 460 Å². The number of esters is 2. The molecule has 0 heterocycles. The molecule has 416 valence electrons. The Morgan fingerprint density at radius 3 is 1.25 bits per heavy atom. The van der Waals surface area contributed by atoms with Crippen molar-refractivity contribution in [1.82, 2.24) is 0 Å². The van der Waals surface area contributed by atoms with Crippen LogP contribution in [0.15, 0.2) is 113 Å². The van der Waals surface area contributed by atoms with Gasteiger partial charge in [0.05, 0.1) is 0 Å². The number of ether oxygens (including phenoxy) is 5. The van der Waals surface area contributed by atoms with Gasteiger partial charge in [0.1, 0.15) is 5.75 Å². The molecule has 4 aromatic rings. The molecule has 2 atom stereocenters. The third kappa shape index (κ3) is 25.7. The van der Waals surface area contributed by atoms with E-state index in [4.69, 9.17) is 23.7 Å². The average molecular weight is 1050 g/mol. The van der Waals surface area contributed by atoms with E-state index in [9.17, 15) is 9.59 Å². The smallest absolute Gasteiger partial charge is 0.335 e. The van der Waals surface area contributed by atoms with Crippen LogP contribution in [-0.4, -0.2) is 30.5 Å². The Hall–Kier alpha value is -4.11. The summed E-state index contributed by atoms with van der Waals surface area (Å²) < 4.78 is 33.6. The third-order valence-electron chi connectivity index (χ3n) is 14.3. The summed E-state index contributed by atoms with van der Waals surface area (Å²) in [5.74, 6) is -2.39. The molecule has 0 radical (unpaired) electrons. The van der Waals surface area contributed by atoms with Gasteiger partial charge in [0.2, 0.25) is 12.6 Å². The van der Waals surface area contributed by atoms with Crippen LogP contribution in [0, 0.1) is 0 Å². The van der Waals surface area contributed by atoms with Crippen molar-refractivity contribution in [2.45, 2.75) is 275 Å². The number of hydrogen-bond acceptors (Lipinski definition) is 8. The van der Waals surface area contributed by atoms with Gasteiger partial charge < -0.3 is 14.2 Å². The molecule has 0 bridgehead atoms. The predicted molar refractivity (Wildman–Crippen MR) is 316 cm³/mol. The van der Waals surface area contributed by atoms with Crippen LogP contribution in [0.5, 0.6) is 5.75 Å². The molecule has 0 fully saturated rings. The topological polar surface area (TPSA) is 80.3 Å². The van der Waals surface area contributed by atoms with Crippen LogP contribution >= 0.6 is 11.8 Å². The number of unbranched alkanes of at least 4 members (excludes halogenated alkanes) is 28. The lowest BCUT2D eigenvalue weighted by Gasteiger charge is -2.38. The van der Waals surface area contributed by atoms with Gasteiger partial charge in [-0.15, -0.1) is 0 Å². The van der Waals surface area contributed by atoms with Gasteiger partial charge in [-0.1, -0.05) is 274 Å². The normalized spacial score (nSPS) is 13.1. The van der Waals surface area contributed by atoms with E-state index in [1.165, 1.54) is 154 Å². The standard InChI is InChI=1S/C67H100O7S/c1-8-11-13-15-17-19-21-23-25-27-29-31-33-35-40-48-62(70-65(68)54(4)5)72-67(10-3,73-63(71-66(69)55(6)7)49-41-36-34-32-30-28-26-24-22-20-18-16-14-12-9-2)74-64-60-47-43-42-44-56(60)52-57-50-51-59(53-61(57)64)75-58-45-38-37-39-46-58/h37-39,42-47,50-53,62-63H,4,6,8-36,40-41,48-49H2,1-3,5,7H3. The monoisotopic (exact) mass is 1050 g/mol. The molecule has 0 aliphatic heterocycles. The molecular formula is C67H100O7S. The quantitative estimate of drug-likeness (QED) is 0.0142. The highest BCUT2D eigenvalue weighted by molar-refractivity contribution is 7.99. The summed E-state index contributed by atoms with van der Waals surface area (Å²) in [7, 11) is 0. The van der Waals surface area contributed by atoms with Gasteiger partial charge in [-0.05, 0) is 67.8 Å². The second-order valence-corrected chi connectivity index (χ2v) is 22.5. The highest BCUT2D eigenvalue weighted by atomic mass is 32.2. The Balaban J connectivity index is 1.54. The molecule has 0 aromatic heterocycles. The summed E-state index contributed by atoms with van der Waals surface area (Å²) in [5, 5.41) is 3.71. The van der Waals surface area contributed by atoms with Crippen LogP contribution < -0.4 is 4.74 Å². The summed E-state index contributed by atoms with van der Waals surface area (Å²) in [6, 6.07) is 27.0. The Kier molecular flexibility index (Phi) is 32.5.